The zero-order chi connectivity index (χ0) is 22.9. The fourth-order valence-corrected chi connectivity index (χ4v) is 6.83. The molecule has 1 fully saturated rings. The van der Waals surface area contributed by atoms with Crippen LogP contribution in [0.4, 0.5) is 5.69 Å². The number of hydrogen-bond acceptors (Lipinski definition) is 6. The number of hydrogen-bond donors (Lipinski definition) is 1. The van der Waals surface area contributed by atoms with E-state index in [1.165, 1.54) is 16.4 Å². The zero-order valence-corrected chi connectivity index (χ0v) is 20.0. The van der Waals surface area contributed by atoms with Crippen LogP contribution in [0.25, 0.3) is 0 Å². The molecule has 2 aromatic rings. The van der Waals surface area contributed by atoms with Crippen molar-refractivity contribution in [2.24, 2.45) is 0 Å². The zero-order valence-electron chi connectivity index (χ0n) is 18.3. The van der Waals surface area contributed by atoms with E-state index in [1.54, 1.807) is 12.1 Å². The number of ether oxygens (including phenoxy) is 1. The van der Waals surface area contributed by atoms with E-state index in [9.17, 15) is 16.8 Å². The molecule has 0 spiro atoms. The summed E-state index contributed by atoms with van der Waals surface area (Å²) >= 11 is 0. The molecule has 0 saturated carbocycles. The van der Waals surface area contributed by atoms with E-state index in [0.717, 1.165) is 29.7 Å². The Labute approximate surface area is 190 Å². The van der Waals surface area contributed by atoms with Gasteiger partial charge in [-0.25, -0.2) is 21.6 Å². The maximum absolute atomic E-state index is 12.9. The van der Waals surface area contributed by atoms with Gasteiger partial charge in [0.15, 0.2) is 0 Å². The first-order chi connectivity index (χ1) is 15.2. The highest BCUT2D eigenvalue weighted by Gasteiger charge is 2.27. The van der Waals surface area contributed by atoms with Crippen LogP contribution < -0.4 is 13.8 Å². The van der Waals surface area contributed by atoms with Crippen LogP contribution in [-0.2, 0) is 26.5 Å². The van der Waals surface area contributed by atoms with E-state index in [0.29, 0.717) is 25.3 Å². The third-order valence-electron chi connectivity index (χ3n) is 5.97. The lowest BCUT2D eigenvalue weighted by Crippen LogP contribution is -2.37. The molecule has 0 amide bonds. The molecular weight excluding hydrogens is 450 g/mol. The van der Waals surface area contributed by atoms with Crippen LogP contribution in [0, 0.1) is 0 Å². The summed E-state index contributed by atoms with van der Waals surface area (Å²) in [6.45, 7) is 1.30. The molecule has 0 radical (unpaired) electrons. The second-order valence-electron chi connectivity index (χ2n) is 8.39. The topological polar surface area (TPSA) is 96.0 Å². The van der Waals surface area contributed by atoms with E-state index in [2.05, 4.69) is 10.8 Å². The lowest BCUT2D eigenvalue weighted by Gasteiger charge is -2.28. The lowest BCUT2D eigenvalue weighted by atomic mass is 10.0. The van der Waals surface area contributed by atoms with Gasteiger partial charge in [-0.3, -0.25) is 4.31 Å². The smallest absolute Gasteiger partial charge is 0.240 e. The van der Waals surface area contributed by atoms with Crippen LogP contribution in [-0.4, -0.2) is 61.3 Å². The minimum Gasteiger partial charge on any atom is -0.493 e. The molecular formula is C22H29N3O5S2. The molecule has 1 N–H and O–H groups in total. The predicted octanol–water partition coefficient (Wildman–Crippen LogP) is 2.13. The molecule has 32 heavy (non-hydrogen) atoms. The van der Waals surface area contributed by atoms with Gasteiger partial charge in [0.25, 0.3) is 0 Å². The van der Waals surface area contributed by atoms with Gasteiger partial charge < -0.3 is 9.64 Å². The van der Waals surface area contributed by atoms with Gasteiger partial charge in [-0.05, 0) is 68.4 Å². The Balaban J connectivity index is 1.48. The molecule has 2 heterocycles. The molecule has 1 unspecified atom stereocenters. The quantitative estimate of drug-likeness (QED) is 0.654. The van der Waals surface area contributed by atoms with Crippen LogP contribution in [0.1, 0.15) is 30.0 Å². The molecule has 4 rings (SSSR count). The van der Waals surface area contributed by atoms with Gasteiger partial charge >= 0.3 is 0 Å². The van der Waals surface area contributed by atoms with Gasteiger partial charge in [-0.2, -0.15) is 0 Å². The molecule has 0 aromatic heterocycles. The fourth-order valence-electron chi connectivity index (χ4n) is 4.15. The van der Waals surface area contributed by atoms with Crippen molar-refractivity contribution in [2.45, 2.75) is 30.2 Å². The first-order valence-electron chi connectivity index (χ1n) is 10.7. The Morgan fingerprint density at radius 1 is 1.12 bits per heavy atom. The summed E-state index contributed by atoms with van der Waals surface area (Å²) in [5.41, 5.74) is 2.66. The fraction of sp³-hybridized carbons (Fsp3) is 0.455. The Hall–Kier alpha value is -2.14. The summed E-state index contributed by atoms with van der Waals surface area (Å²) in [5.74, 6) is 1.01. The summed E-state index contributed by atoms with van der Waals surface area (Å²) < 4.78 is 60.0. The molecule has 0 aliphatic carbocycles. The number of anilines is 1. The molecule has 1 saturated heterocycles. The van der Waals surface area contributed by atoms with Crippen molar-refractivity contribution in [2.75, 3.05) is 43.8 Å². The largest absolute Gasteiger partial charge is 0.493 e. The van der Waals surface area contributed by atoms with E-state index in [4.69, 9.17) is 4.74 Å². The van der Waals surface area contributed by atoms with Crippen LogP contribution in [0.5, 0.6) is 5.75 Å². The number of likely N-dealkylation sites (N-methyl/N-ethyl adjacent to an activating group) is 1. The number of nitrogens with one attached hydrogen (secondary N) is 1. The number of benzene rings is 2. The highest BCUT2D eigenvalue weighted by Crippen LogP contribution is 2.30. The highest BCUT2D eigenvalue weighted by atomic mass is 32.2. The van der Waals surface area contributed by atoms with Gasteiger partial charge in [0.05, 0.1) is 22.9 Å². The van der Waals surface area contributed by atoms with Gasteiger partial charge in [0.2, 0.25) is 20.0 Å². The van der Waals surface area contributed by atoms with Crippen molar-refractivity contribution >= 4 is 25.7 Å². The van der Waals surface area contributed by atoms with Crippen LogP contribution in [0.3, 0.4) is 0 Å². The normalized spacial score (nSPS) is 18.9. The summed E-state index contributed by atoms with van der Waals surface area (Å²) in [5, 5.41) is 0. The lowest BCUT2D eigenvalue weighted by molar-refractivity contribution is 0.299. The molecule has 1 atom stereocenters. The van der Waals surface area contributed by atoms with Crippen molar-refractivity contribution in [1.29, 1.82) is 0 Å². The maximum Gasteiger partial charge on any atom is 0.240 e. The third-order valence-corrected chi connectivity index (χ3v) is 9.28. The number of sulfonamides is 2. The van der Waals surface area contributed by atoms with E-state index < -0.39 is 20.0 Å². The molecule has 8 nitrogen and oxygen atoms in total. The molecule has 0 bridgehead atoms. The van der Waals surface area contributed by atoms with E-state index in [1.807, 2.05) is 31.1 Å². The van der Waals surface area contributed by atoms with Crippen molar-refractivity contribution in [3.8, 4) is 5.75 Å². The van der Waals surface area contributed by atoms with Gasteiger partial charge in [0.1, 0.15) is 5.75 Å². The maximum atomic E-state index is 12.9. The van der Waals surface area contributed by atoms with Crippen LogP contribution >= 0.6 is 0 Å². The van der Waals surface area contributed by atoms with Crippen molar-refractivity contribution < 1.29 is 21.6 Å². The summed E-state index contributed by atoms with van der Waals surface area (Å²) in [4.78, 5) is 2.08. The van der Waals surface area contributed by atoms with Gasteiger partial charge in [-0.15, -0.1) is 0 Å². The van der Waals surface area contributed by atoms with E-state index in [-0.39, 0.29) is 23.2 Å². The minimum atomic E-state index is -3.75. The van der Waals surface area contributed by atoms with Crippen molar-refractivity contribution in [1.82, 2.24) is 9.62 Å². The summed E-state index contributed by atoms with van der Waals surface area (Å²) in [6, 6.07) is 11.9. The van der Waals surface area contributed by atoms with Gasteiger partial charge in [0, 0.05) is 25.6 Å². The van der Waals surface area contributed by atoms with Crippen LogP contribution in [0.2, 0.25) is 0 Å². The Morgan fingerprint density at radius 3 is 2.56 bits per heavy atom. The standard InChI is InChI=1S/C22H29N3O5S2/c1-24(2)21(17-5-10-22-18(15-17)11-13-30-22)16-23-32(28,29)20-8-6-19(7-9-20)25-12-3-4-14-31(25,26)27/h5-10,15,21,23H,3-4,11-14,16H2,1-2H3. The molecule has 2 aromatic carbocycles. The highest BCUT2D eigenvalue weighted by molar-refractivity contribution is 7.92. The number of rotatable bonds is 7. The Kier molecular flexibility index (Phi) is 6.49. The van der Waals surface area contributed by atoms with Gasteiger partial charge in [-0.1, -0.05) is 12.1 Å². The minimum absolute atomic E-state index is 0.107. The Bertz CT molecular complexity index is 1180. The molecule has 174 valence electrons. The number of nitrogens with zero attached hydrogens (tertiary/aromatic N) is 2. The summed E-state index contributed by atoms with van der Waals surface area (Å²) in [6.07, 6.45) is 2.30. The molecule has 2 aliphatic heterocycles. The third kappa shape index (κ3) is 4.78. The monoisotopic (exact) mass is 479 g/mol. The SMILES string of the molecule is CN(C)C(CNS(=O)(=O)c1ccc(N2CCCCS2(=O)=O)cc1)c1ccc2c(c1)CCO2. The first-order valence-corrected chi connectivity index (χ1v) is 13.8. The summed E-state index contributed by atoms with van der Waals surface area (Å²) in [7, 11) is -3.26. The average molecular weight is 480 g/mol. The van der Waals surface area contributed by atoms with Crippen molar-refractivity contribution in [3.63, 3.8) is 0 Å². The van der Waals surface area contributed by atoms with Crippen molar-refractivity contribution in [3.05, 3.63) is 53.6 Å². The molecule has 10 heteroatoms. The molecule has 2 aliphatic rings. The first kappa shape index (κ1) is 23.0. The number of fused-ring (bicyclic) bond motifs is 1. The van der Waals surface area contributed by atoms with Crippen LogP contribution in [0.15, 0.2) is 47.4 Å². The second-order valence-corrected chi connectivity index (χ2v) is 12.2. The average Bonchev–Trinajstić information content (AvgIpc) is 3.21. The Morgan fingerprint density at radius 2 is 1.88 bits per heavy atom. The van der Waals surface area contributed by atoms with E-state index >= 15 is 0 Å². The predicted molar refractivity (Wildman–Crippen MR) is 124 cm³/mol. The second kappa shape index (κ2) is 9.01.